The Labute approximate surface area is 82.4 Å². The van der Waals surface area contributed by atoms with E-state index in [0.29, 0.717) is 22.9 Å². The molecular weight excluding hydrogens is 198 g/mol. The van der Waals surface area contributed by atoms with Gasteiger partial charge >= 0.3 is 0 Å². The van der Waals surface area contributed by atoms with Crippen LogP contribution in [0.2, 0.25) is 0 Å². The summed E-state index contributed by atoms with van der Waals surface area (Å²) in [4.78, 5) is 14.9. The first-order valence-electron chi connectivity index (χ1n) is 4.08. The fourth-order valence-electron chi connectivity index (χ4n) is 1.18. The molecule has 0 aliphatic carbocycles. The van der Waals surface area contributed by atoms with Crippen molar-refractivity contribution >= 4 is 22.9 Å². The number of aromatic nitrogens is 8. The summed E-state index contributed by atoms with van der Waals surface area (Å²) in [6.45, 7) is 0. The van der Waals surface area contributed by atoms with Gasteiger partial charge in [0.25, 0.3) is 5.95 Å². The Balaban J connectivity index is 2.07. The van der Waals surface area contributed by atoms with Crippen LogP contribution < -0.4 is 5.32 Å². The highest BCUT2D eigenvalue weighted by atomic mass is 15.5. The number of hydrogen-bond acceptors (Lipinski definition) is 7. The third kappa shape index (κ3) is 1.25. The zero-order valence-corrected chi connectivity index (χ0v) is 7.34. The van der Waals surface area contributed by atoms with Crippen molar-refractivity contribution in [1.82, 2.24) is 40.6 Å². The Morgan fingerprint density at radius 2 is 2.20 bits per heavy atom. The normalized spacial score (nSPS) is 10.7. The molecule has 74 valence electrons. The molecule has 0 unspecified atom stereocenters. The summed E-state index contributed by atoms with van der Waals surface area (Å²) in [5.74, 6) is 0.892. The lowest BCUT2D eigenvalue weighted by molar-refractivity contribution is 0.881. The topological polar surface area (TPSA) is 121 Å². The lowest BCUT2D eigenvalue weighted by Crippen LogP contribution is -1.97. The van der Waals surface area contributed by atoms with Crippen LogP contribution in [-0.2, 0) is 0 Å². The smallest absolute Gasteiger partial charge is 0.268 e. The maximum Gasteiger partial charge on any atom is 0.268 e. The van der Waals surface area contributed by atoms with E-state index in [4.69, 9.17) is 0 Å². The number of H-pyrrole nitrogens is 2. The number of rotatable bonds is 2. The van der Waals surface area contributed by atoms with Crippen LogP contribution in [0.4, 0.5) is 11.8 Å². The van der Waals surface area contributed by atoms with Crippen LogP contribution in [0.5, 0.6) is 0 Å². The average Bonchev–Trinajstić information content (AvgIpc) is 2.87. The van der Waals surface area contributed by atoms with E-state index < -0.39 is 0 Å². The van der Waals surface area contributed by atoms with E-state index >= 15 is 0 Å². The van der Waals surface area contributed by atoms with E-state index in [2.05, 4.69) is 45.9 Å². The molecule has 0 atom stereocenters. The SMILES string of the molecule is c1nc(Nc2nn[nH]n2)c2[nH]cnc2n1. The quantitative estimate of drug-likeness (QED) is 0.518. The van der Waals surface area contributed by atoms with Crippen LogP contribution in [0.15, 0.2) is 12.7 Å². The van der Waals surface area contributed by atoms with Gasteiger partial charge < -0.3 is 10.3 Å². The van der Waals surface area contributed by atoms with Crippen molar-refractivity contribution in [2.24, 2.45) is 0 Å². The van der Waals surface area contributed by atoms with Crippen molar-refractivity contribution in [3.63, 3.8) is 0 Å². The van der Waals surface area contributed by atoms with Gasteiger partial charge in [0.2, 0.25) is 0 Å². The van der Waals surface area contributed by atoms with Crippen molar-refractivity contribution in [1.29, 1.82) is 0 Å². The zero-order valence-electron chi connectivity index (χ0n) is 7.34. The number of aromatic amines is 2. The third-order valence-corrected chi connectivity index (χ3v) is 1.80. The minimum atomic E-state index is 0.338. The number of fused-ring (bicyclic) bond motifs is 1. The van der Waals surface area contributed by atoms with E-state index in [-0.39, 0.29) is 0 Å². The highest BCUT2D eigenvalue weighted by Gasteiger charge is 2.07. The van der Waals surface area contributed by atoms with Gasteiger partial charge in [-0.3, -0.25) is 0 Å². The van der Waals surface area contributed by atoms with Crippen LogP contribution in [0, 0.1) is 0 Å². The van der Waals surface area contributed by atoms with Gasteiger partial charge in [0.1, 0.15) is 11.8 Å². The molecule has 0 fully saturated rings. The molecule has 3 aromatic rings. The highest BCUT2D eigenvalue weighted by molar-refractivity contribution is 5.83. The summed E-state index contributed by atoms with van der Waals surface area (Å²) < 4.78 is 0. The van der Waals surface area contributed by atoms with Crippen LogP contribution in [0.3, 0.4) is 0 Å². The van der Waals surface area contributed by atoms with E-state index in [9.17, 15) is 0 Å². The number of nitrogens with zero attached hydrogens (tertiary/aromatic N) is 6. The molecule has 3 heterocycles. The predicted octanol–water partition coefficient (Wildman–Crippen LogP) is -0.390. The van der Waals surface area contributed by atoms with E-state index in [1.165, 1.54) is 6.33 Å². The van der Waals surface area contributed by atoms with E-state index in [1.54, 1.807) is 6.33 Å². The van der Waals surface area contributed by atoms with Gasteiger partial charge in [0.05, 0.1) is 6.33 Å². The Morgan fingerprint density at radius 3 is 3.07 bits per heavy atom. The minimum absolute atomic E-state index is 0.338. The molecule has 0 aliphatic heterocycles. The standard InChI is InChI=1S/C6H5N9/c1-7-3-4(8-1)9-2-10-5(3)11-6-12-14-15-13-6/h1-2H,(H3,7,8,9,10,11,12,13,14,15). The number of imidazole rings is 1. The molecule has 3 rings (SSSR count). The van der Waals surface area contributed by atoms with Gasteiger partial charge in [-0.05, 0) is 5.21 Å². The predicted molar refractivity (Wildman–Crippen MR) is 49.1 cm³/mol. The molecule has 3 aromatic heterocycles. The second-order valence-corrected chi connectivity index (χ2v) is 2.68. The Bertz CT molecular complexity index is 567. The Hall–Kier alpha value is -2.58. The van der Waals surface area contributed by atoms with Crippen LogP contribution in [-0.4, -0.2) is 40.6 Å². The Kier molecular flexibility index (Phi) is 1.54. The average molecular weight is 203 g/mol. The first-order valence-corrected chi connectivity index (χ1v) is 4.08. The van der Waals surface area contributed by atoms with Crippen molar-refractivity contribution < 1.29 is 0 Å². The zero-order chi connectivity index (χ0) is 10.1. The largest absolute Gasteiger partial charge is 0.340 e. The molecule has 0 saturated carbocycles. The molecule has 15 heavy (non-hydrogen) atoms. The van der Waals surface area contributed by atoms with Gasteiger partial charge in [0.15, 0.2) is 11.5 Å². The lowest BCUT2D eigenvalue weighted by Gasteiger charge is -1.99. The summed E-state index contributed by atoms with van der Waals surface area (Å²) in [7, 11) is 0. The molecule has 3 N–H and O–H groups in total. The van der Waals surface area contributed by atoms with Crippen molar-refractivity contribution in [2.75, 3.05) is 5.32 Å². The second-order valence-electron chi connectivity index (χ2n) is 2.68. The number of tetrazole rings is 1. The molecule has 0 aliphatic rings. The first-order chi connectivity index (χ1) is 7.43. The van der Waals surface area contributed by atoms with Crippen molar-refractivity contribution in [3.8, 4) is 0 Å². The van der Waals surface area contributed by atoms with Gasteiger partial charge in [0, 0.05) is 0 Å². The van der Waals surface area contributed by atoms with Crippen LogP contribution in [0.25, 0.3) is 11.2 Å². The molecule has 0 radical (unpaired) electrons. The van der Waals surface area contributed by atoms with E-state index in [1.807, 2.05) is 0 Å². The van der Waals surface area contributed by atoms with Gasteiger partial charge in [-0.15, -0.1) is 5.10 Å². The number of anilines is 2. The van der Waals surface area contributed by atoms with E-state index in [0.717, 1.165) is 0 Å². The molecule has 0 aromatic carbocycles. The maximum atomic E-state index is 4.04. The molecule has 0 amide bonds. The molecular formula is C6H5N9. The second kappa shape index (κ2) is 2.97. The third-order valence-electron chi connectivity index (χ3n) is 1.80. The summed E-state index contributed by atoms with van der Waals surface area (Å²) in [5.41, 5.74) is 1.28. The highest BCUT2D eigenvalue weighted by Crippen LogP contribution is 2.16. The Morgan fingerprint density at radius 1 is 1.20 bits per heavy atom. The molecule has 0 bridgehead atoms. The van der Waals surface area contributed by atoms with Crippen LogP contribution in [0.1, 0.15) is 0 Å². The number of hydrogen-bond donors (Lipinski definition) is 3. The van der Waals surface area contributed by atoms with Gasteiger partial charge in [-0.1, -0.05) is 5.10 Å². The molecule has 0 spiro atoms. The summed E-state index contributed by atoms with van der Waals surface area (Å²) in [5, 5.41) is 16.1. The van der Waals surface area contributed by atoms with Crippen LogP contribution >= 0.6 is 0 Å². The van der Waals surface area contributed by atoms with Crippen molar-refractivity contribution in [3.05, 3.63) is 12.7 Å². The molecule has 9 heteroatoms. The maximum absolute atomic E-state index is 4.04. The fraction of sp³-hybridized carbons (Fsp3) is 0. The minimum Gasteiger partial charge on any atom is -0.340 e. The molecule has 9 nitrogen and oxygen atoms in total. The molecule has 0 saturated heterocycles. The van der Waals surface area contributed by atoms with Gasteiger partial charge in [-0.2, -0.15) is 5.21 Å². The first kappa shape index (κ1) is 7.79. The summed E-state index contributed by atoms with van der Waals surface area (Å²) in [6.07, 6.45) is 2.95. The van der Waals surface area contributed by atoms with Gasteiger partial charge in [-0.25, -0.2) is 15.0 Å². The monoisotopic (exact) mass is 203 g/mol. The fourth-order valence-corrected chi connectivity index (χ4v) is 1.18. The van der Waals surface area contributed by atoms with Crippen molar-refractivity contribution in [2.45, 2.75) is 0 Å². The number of nitrogens with one attached hydrogen (secondary N) is 3. The summed E-state index contributed by atoms with van der Waals surface area (Å²) >= 11 is 0. The lowest BCUT2D eigenvalue weighted by atomic mass is 10.5. The summed E-state index contributed by atoms with van der Waals surface area (Å²) in [6, 6.07) is 0.